The van der Waals surface area contributed by atoms with Crippen molar-refractivity contribution in [2.45, 2.75) is 0 Å². The zero-order valence-electron chi connectivity index (χ0n) is 8.03. The molecule has 0 saturated carbocycles. The summed E-state index contributed by atoms with van der Waals surface area (Å²) in [5.74, 6) is -0.407. The van der Waals surface area contributed by atoms with Crippen molar-refractivity contribution in [3.05, 3.63) is 41.0 Å². The third-order valence-electron chi connectivity index (χ3n) is 2.12. The number of rotatable bonds is 1. The van der Waals surface area contributed by atoms with Crippen LogP contribution in [0.15, 0.2) is 30.5 Å². The molecule has 2 aromatic rings. The Kier molecular flexibility index (Phi) is 2.56. The molecule has 0 amide bonds. The second kappa shape index (κ2) is 3.87. The van der Waals surface area contributed by atoms with E-state index in [0.29, 0.717) is 21.5 Å². The number of ether oxygens (including phenoxy) is 1. The molecule has 0 aliphatic rings. The van der Waals surface area contributed by atoms with Crippen molar-refractivity contribution < 1.29 is 9.53 Å². The fraction of sp³-hybridized carbons (Fsp3) is 0.0909. The molecule has 2 rings (SSSR count). The van der Waals surface area contributed by atoms with Gasteiger partial charge in [-0.05, 0) is 18.2 Å². The zero-order valence-corrected chi connectivity index (χ0v) is 8.78. The van der Waals surface area contributed by atoms with Gasteiger partial charge >= 0.3 is 5.97 Å². The van der Waals surface area contributed by atoms with Gasteiger partial charge in [0.1, 0.15) is 0 Å². The number of aromatic nitrogens is 1. The summed E-state index contributed by atoms with van der Waals surface area (Å²) < 4.78 is 4.67. The summed E-state index contributed by atoms with van der Waals surface area (Å²) in [5.41, 5.74) is 1.12. The van der Waals surface area contributed by atoms with E-state index in [9.17, 15) is 4.79 Å². The number of esters is 1. The fourth-order valence-electron chi connectivity index (χ4n) is 1.45. The monoisotopic (exact) mass is 221 g/mol. The Morgan fingerprint density at radius 3 is 2.93 bits per heavy atom. The molecule has 0 fully saturated rings. The molecule has 0 N–H and O–H groups in total. The quantitative estimate of drug-likeness (QED) is 0.695. The van der Waals surface area contributed by atoms with Gasteiger partial charge in [-0.1, -0.05) is 17.7 Å². The topological polar surface area (TPSA) is 39.2 Å². The first-order valence-electron chi connectivity index (χ1n) is 4.35. The van der Waals surface area contributed by atoms with Gasteiger partial charge in [0.15, 0.2) is 0 Å². The molecule has 4 heteroatoms. The minimum absolute atomic E-state index is 0.407. The number of methoxy groups -OCH3 is 1. The highest BCUT2D eigenvalue weighted by Crippen LogP contribution is 2.25. The van der Waals surface area contributed by atoms with Crippen LogP contribution in [0.25, 0.3) is 10.9 Å². The lowest BCUT2D eigenvalue weighted by atomic mass is 10.1. The minimum atomic E-state index is -0.407. The molecule has 3 nitrogen and oxygen atoms in total. The van der Waals surface area contributed by atoms with Crippen LogP contribution in [0.3, 0.4) is 0 Å². The van der Waals surface area contributed by atoms with Gasteiger partial charge in [0, 0.05) is 11.6 Å². The molecule has 0 aliphatic carbocycles. The van der Waals surface area contributed by atoms with Crippen LogP contribution in [0.2, 0.25) is 5.02 Å². The van der Waals surface area contributed by atoms with E-state index in [-0.39, 0.29) is 0 Å². The van der Waals surface area contributed by atoms with E-state index < -0.39 is 5.97 Å². The molecule has 1 heterocycles. The molecule has 0 unspecified atom stereocenters. The average molecular weight is 222 g/mol. The standard InChI is InChI=1S/C11H8ClNO2/c1-15-11(14)7-3-2-4-9-10(7)8(12)5-6-13-9/h2-6H,1H3. The molecule has 0 bridgehead atoms. The predicted molar refractivity (Wildman–Crippen MR) is 58.1 cm³/mol. The number of hydrogen-bond donors (Lipinski definition) is 0. The maximum Gasteiger partial charge on any atom is 0.338 e. The molecule has 0 aliphatic heterocycles. The van der Waals surface area contributed by atoms with Gasteiger partial charge in [0.25, 0.3) is 0 Å². The van der Waals surface area contributed by atoms with Crippen LogP contribution in [0.4, 0.5) is 0 Å². The van der Waals surface area contributed by atoms with Crippen molar-refractivity contribution in [2.24, 2.45) is 0 Å². The highest BCUT2D eigenvalue weighted by molar-refractivity contribution is 6.36. The summed E-state index contributed by atoms with van der Waals surface area (Å²) >= 11 is 6.02. The predicted octanol–water partition coefficient (Wildman–Crippen LogP) is 2.67. The maximum atomic E-state index is 11.5. The van der Waals surface area contributed by atoms with E-state index in [1.54, 1.807) is 30.5 Å². The number of nitrogens with zero attached hydrogens (tertiary/aromatic N) is 1. The first kappa shape index (κ1) is 9.93. The molecule has 0 spiro atoms. The Morgan fingerprint density at radius 2 is 2.20 bits per heavy atom. The molecule has 1 aromatic heterocycles. The summed E-state index contributed by atoms with van der Waals surface area (Å²) in [6.07, 6.45) is 1.60. The normalized spacial score (nSPS) is 10.3. The van der Waals surface area contributed by atoms with E-state index in [0.717, 1.165) is 0 Å². The Hall–Kier alpha value is -1.61. The number of pyridine rings is 1. The Morgan fingerprint density at radius 1 is 1.40 bits per heavy atom. The van der Waals surface area contributed by atoms with E-state index >= 15 is 0 Å². The molecular weight excluding hydrogens is 214 g/mol. The van der Waals surface area contributed by atoms with E-state index in [1.165, 1.54) is 7.11 Å². The fourth-order valence-corrected chi connectivity index (χ4v) is 1.70. The van der Waals surface area contributed by atoms with Gasteiger partial charge in [0.05, 0.1) is 23.2 Å². The average Bonchev–Trinajstić information content (AvgIpc) is 2.28. The lowest BCUT2D eigenvalue weighted by Gasteiger charge is -2.05. The smallest absolute Gasteiger partial charge is 0.338 e. The summed E-state index contributed by atoms with van der Waals surface area (Å²) in [6.45, 7) is 0. The lowest BCUT2D eigenvalue weighted by molar-refractivity contribution is 0.0603. The molecule has 0 saturated heterocycles. The van der Waals surface area contributed by atoms with Crippen molar-refractivity contribution in [1.29, 1.82) is 0 Å². The Balaban J connectivity index is 2.80. The van der Waals surface area contributed by atoms with Crippen molar-refractivity contribution >= 4 is 28.5 Å². The zero-order chi connectivity index (χ0) is 10.8. The van der Waals surface area contributed by atoms with Crippen LogP contribution in [0.1, 0.15) is 10.4 Å². The summed E-state index contributed by atoms with van der Waals surface area (Å²) in [5, 5.41) is 1.13. The SMILES string of the molecule is COC(=O)c1cccc2nccc(Cl)c12. The van der Waals surface area contributed by atoms with E-state index in [1.807, 2.05) is 0 Å². The van der Waals surface area contributed by atoms with Crippen molar-refractivity contribution in [1.82, 2.24) is 4.98 Å². The van der Waals surface area contributed by atoms with Crippen molar-refractivity contribution in [3.63, 3.8) is 0 Å². The number of hydrogen-bond acceptors (Lipinski definition) is 3. The summed E-state index contributed by atoms with van der Waals surface area (Å²) in [6, 6.07) is 6.86. The molecular formula is C11H8ClNO2. The van der Waals surface area contributed by atoms with Crippen LogP contribution >= 0.6 is 11.6 Å². The number of fused-ring (bicyclic) bond motifs is 1. The third-order valence-corrected chi connectivity index (χ3v) is 2.44. The number of carbonyl (C=O) groups is 1. The Labute approximate surface area is 91.6 Å². The first-order valence-corrected chi connectivity index (χ1v) is 4.73. The third kappa shape index (κ3) is 1.66. The minimum Gasteiger partial charge on any atom is -0.465 e. The Bertz CT molecular complexity index is 520. The summed E-state index contributed by atoms with van der Waals surface area (Å²) in [4.78, 5) is 15.6. The van der Waals surface area contributed by atoms with Crippen molar-refractivity contribution in [3.8, 4) is 0 Å². The summed E-state index contributed by atoms with van der Waals surface area (Å²) in [7, 11) is 1.34. The van der Waals surface area contributed by atoms with Gasteiger partial charge in [-0.2, -0.15) is 0 Å². The van der Waals surface area contributed by atoms with Crippen LogP contribution in [0.5, 0.6) is 0 Å². The molecule has 15 heavy (non-hydrogen) atoms. The van der Waals surface area contributed by atoms with Crippen LogP contribution in [-0.4, -0.2) is 18.1 Å². The number of benzene rings is 1. The second-order valence-corrected chi connectivity index (χ2v) is 3.39. The van der Waals surface area contributed by atoms with Crippen LogP contribution in [-0.2, 0) is 4.74 Å². The highest BCUT2D eigenvalue weighted by Gasteiger charge is 2.12. The molecule has 1 aromatic carbocycles. The highest BCUT2D eigenvalue weighted by atomic mass is 35.5. The maximum absolute atomic E-state index is 11.5. The van der Waals surface area contributed by atoms with Crippen molar-refractivity contribution in [2.75, 3.05) is 7.11 Å². The van der Waals surface area contributed by atoms with Gasteiger partial charge < -0.3 is 4.74 Å². The number of halogens is 1. The number of carbonyl (C=O) groups excluding carboxylic acids is 1. The molecule has 76 valence electrons. The largest absolute Gasteiger partial charge is 0.465 e. The lowest BCUT2D eigenvalue weighted by Crippen LogP contribution is -2.02. The molecule has 0 radical (unpaired) electrons. The molecule has 0 atom stereocenters. The van der Waals surface area contributed by atoms with E-state index in [2.05, 4.69) is 9.72 Å². The van der Waals surface area contributed by atoms with Gasteiger partial charge in [-0.15, -0.1) is 0 Å². The van der Waals surface area contributed by atoms with Crippen LogP contribution in [0, 0.1) is 0 Å². The second-order valence-electron chi connectivity index (χ2n) is 2.98. The van der Waals surface area contributed by atoms with E-state index in [4.69, 9.17) is 11.6 Å². The van der Waals surface area contributed by atoms with Gasteiger partial charge in [0.2, 0.25) is 0 Å². The van der Waals surface area contributed by atoms with Gasteiger partial charge in [-0.3, -0.25) is 4.98 Å². The van der Waals surface area contributed by atoms with Crippen LogP contribution < -0.4 is 0 Å². The van der Waals surface area contributed by atoms with Gasteiger partial charge in [-0.25, -0.2) is 4.79 Å². The first-order chi connectivity index (χ1) is 7.24.